The Hall–Kier alpha value is -0.0800. The van der Waals surface area contributed by atoms with E-state index in [0.29, 0.717) is 17.4 Å². The predicted octanol–water partition coefficient (Wildman–Crippen LogP) is 3.20. The number of aliphatic hydroxyl groups excluding tert-OH is 1. The molecule has 0 aliphatic heterocycles. The van der Waals surface area contributed by atoms with E-state index in [1.165, 1.54) is 25.7 Å². The molecular weight excluding hydrogens is 210 g/mol. The monoisotopic (exact) mass is 241 g/mol. The SMILES string of the molecule is CC(C)C(O)CNC1CCCCC1C(C)(C)C. The average Bonchev–Trinajstić information content (AvgIpc) is 2.24. The van der Waals surface area contributed by atoms with Crippen molar-refractivity contribution in [3.63, 3.8) is 0 Å². The summed E-state index contributed by atoms with van der Waals surface area (Å²) in [7, 11) is 0. The molecule has 3 atom stereocenters. The van der Waals surface area contributed by atoms with Gasteiger partial charge in [0.05, 0.1) is 6.10 Å². The highest BCUT2D eigenvalue weighted by atomic mass is 16.3. The van der Waals surface area contributed by atoms with Gasteiger partial charge in [0.2, 0.25) is 0 Å². The van der Waals surface area contributed by atoms with Crippen molar-refractivity contribution in [1.29, 1.82) is 0 Å². The maximum atomic E-state index is 9.88. The Balaban J connectivity index is 2.49. The van der Waals surface area contributed by atoms with E-state index < -0.39 is 0 Å². The van der Waals surface area contributed by atoms with Gasteiger partial charge in [0, 0.05) is 12.6 Å². The third-order valence-electron chi connectivity index (χ3n) is 4.24. The van der Waals surface area contributed by atoms with Gasteiger partial charge in [-0.1, -0.05) is 47.5 Å². The highest BCUT2D eigenvalue weighted by molar-refractivity contribution is 4.88. The van der Waals surface area contributed by atoms with Gasteiger partial charge in [0.1, 0.15) is 0 Å². The summed E-state index contributed by atoms with van der Waals surface area (Å²) in [6, 6.07) is 0.595. The van der Waals surface area contributed by atoms with Gasteiger partial charge in [0.15, 0.2) is 0 Å². The zero-order chi connectivity index (χ0) is 13.1. The van der Waals surface area contributed by atoms with E-state index in [9.17, 15) is 5.11 Å². The lowest BCUT2D eigenvalue weighted by Crippen LogP contribution is -2.47. The minimum absolute atomic E-state index is 0.211. The Bertz CT molecular complexity index is 219. The first kappa shape index (κ1) is 15.0. The minimum atomic E-state index is -0.211. The molecule has 0 aromatic carbocycles. The second-order valence-corrected chi connectivity index (χ2v) is 7.08. The van der Waals surface area contributed by atoms with Crippen molar-refractivity contribution in [2.24, 2.45) is 17.3 Å². The second-order valence-electron chi connectivity index (χ2n) is 7.08. The van der Waals surface area contributed by atoms with E-state index in [1.807, 2.05) is 0 Å². The first-order valence-corrected chi connectivity index (χ1v) is 7.24. The number of hydrogen-bond acceptors (Lipinski definition) is 2. The van der Waals surface area contributed by atoms with Gasteiger partial charge in [-0.15, -0.1) is 0 Å². The van der Waals surface area contributed by atoms with Crippen molar-refractivity contribution in [3.8, 4) is 0 Å². The quantitative estimate of drug-likeness (QED) is 0.792. The molecule has 1 aliphatic carbocycles. The summed E-state index contributed by atoms with van der Waals surface area (Å²) in [5, 5.41) is 13.5. The van der Waals surface area contributed by atoms with Gasteiger partial charge < -0.3 is 10.4 Å². The van der Waals surface area contributed by atoms with Crippen molar-refractivity contribution >= 4 is 0 Å². The van der Waals surface area contributed by atoms with Crippen LogP contribution in [0.15, 0.2) is 0 Å². The average molecular weight is 241 g/mol. The molecule has 2 heteroatoms. The molecule has 0 aromatic rings. The smallest absolute Gasteiger partial charge is 0.0687 e. The number of aliphatic hydroxyl groups is 1. The Morgan fingerprint density at radius 1 is 1.18 bits per heavy atom. The van der Waals surface area contributed by atoms with Crippen LogP contribution in [0.3, 0.4) is 0 Å². The highest BCUT2D eigenvalue weighted by Gasteiger charge is 2.33. The molecule has 2 nitrogen and oxygen atoms in total. The zero-order valence-electron chi connectivity index (χ0n) is 12.3. The van der Waals surface area contributed by atoms with Crippen LogP contribution in [-0.4, -0.2) is 23.8 Å². The molecular formula is C15H31NO. The van der Waals surface area contributed by atoms with Gasteiger partial charge in [-0.25, -0.2) is 0 Å². The summed E-state index contributed by atoms with van der Waals surface area (Å²) in [4.78, 5) is 0. The Kier molecular flexibility index (Phi) is 5.46. The predicted molar refractivity (Wildman–Crippen MR) is 74.0 cm³/mol. The molecule has 102 valence electrons. The van der Waals surface area contributed by atoms with Crippen LogP contribution in [0.1, 0.15) is 60.3 Å². The zero-order valence-corrected chi connectivity index (χ0v) is 12.3. The lowest BCUT2D eigenvalue weighted by Gasteiger charge is -2.41. The van der Waals surface area contributed by atoms with Crippen LogP contribution in [0, 0.1) is 17.3 Å². The fourth-order valence-corrected chi connectivity index (χ4v) is 2.92. The van der Waals surface area contributed by atoms with E-state index >= 15 is 0 Å². The van der Waals surface area contributed by atoms with Crippen molar-refractivity contribution in [1.82, 2.24) is 5.32 Å². The number of rotatable bonds is 4. The molecule has 1 rings (SSSR count). The van der Waals surface area contributed by atoms with Crippen molar-refractivity contribution in [3.05, 3.63) is 0 Å². The largest absolute Gasteiger partial charge is 0.392 e. The highest BCUT2D eigenvalue weighted by Crippen LogP contribution is 2.37. The number of nitrogens with one attached hydrogen (secondary N) is 1. The van der Waals surface area contributed by atoms with Crippen LogP contribution >= 0.6 is 0 Å². The van der Waals surface area contributed by atoms with Crippen LogP contribution in [0.2, 0.25) is 0 Å². The van der Waals surface area contributed by atoms with Crippen LogP contribution in [-0.2, 0) is 0 Å². The van der Waals surface area contributed by atoms with E-state index in [0.717, 1.165) is 12.5 Å². The molecule has 0 saturated heterocycles. The van der Waals surface area contributed by atoms with Gasteiger partial charge in [-0.2, -0.15) is 0 Å². The summed E-state index contributed by atoms with van der Waals surface area (Å²) in [5.74, 6) is 1.09. The fraction of sp³-hybridized carbons (Fsp3) is 1.00. The number of hydrogen-bond donors (Lipinski definition) is 2. The molecule has 0 bridgehead atoms. The summed E-state index contributed by atoms with van der Waals surface area (Å²) in [5.41, 5.74) is 0.376. The van der Waals surface area contributed by atoms with Crippen LogP contribution in [0.5, 0.6) is 0 Å². The Labute approximate surface area is 107 Å². The first-order chi connectivity index (χ1) is 7.82. The lowest BCUT2D eigenvalue weighted by atomic mass is 9.69. The molecule has 3 unspecified atom stereocenters. The summed E-state index contributed by atoms with van der Waals surface area (Å²) >= 11 is 0. The molecule has 0 heterocycles. The van der Waals surface area contributed by atoms with Gasteiger partial charge in [-0.05, 0) is 30.1 Å². The first-order valence-electron chi connectivity index (χ1n) is 7.24. The third-order valence-corrected chi connectivity index (χ3v) is 4.24. The standard InChI is InChI=1S/C15H31NO/c1-11(2)14(17)10-16-13-9-7-6-8-12(13)15(3,4)5/h11-14,16-17H,6-10H2,1-5H3. The molecule has 1 fully saturated rings. The second kappa shape index (κ2) is 6.19. The maximum Gasteiger partial charge on any atom is 0.0687 e. The van der Waals surface area contributed by atoms with Crippen molar-refractivity contribution in [2.75, 3.05) is 6.54 Å². The van der Waals surface area contributed by atoms with E-state index in [2.05, 4.69) is 39.9 Å². The molecule has 1 saturated carbocycles. The van der Waals surface area contributed by atoms with Crippen LogP contribution in [0.25, 0.3) is 0 Å². The molecule has 0 radical (unpaired) electrons. The third kappa shape index (κ3) is 4.59. The van der Waals surface area contributed by atoms with Crippen molar-refractivity contribution in [2.45, 2.75) is 72.4 Å². The van der Waals surface area contributed by atoms with E-state index in [4.69, 9.17) is 0 Å². The van der Waals surface area contributed by atoms with Crippen LogP contribution in [0.4, 0.5) is 0 Å². The molecule has 17 heavy (non-hydrogen) atoms. The summed E-state index contributed by atoms with van der Waals surface area (Å²) < 4.78 is 0. The van der Waals surface area contributed by atoms with Gasteiger partial charge in [-0.3, -0.25) is 0 Å². The summed E-state index contributed by atoms with van der Waals surface area (Å²) in [6.45, 7) is 11.9. The fourth-order valence-electron chi connectivity index (χ4n) is 2.92. The molecule has 2 N–H and O–H groups in total. The normalized spacial score (nSPS) is 28.4. The molecule has 1 aliphatic rings. The topological polar surface area (TPSA) is 32.3 Å². The Morgan fingerprint density at radius 3 is 2.29 bits per heavy atom. The van der Waals surface area contributed by atoms with Crippen LogP contribution < -0.4 is 5.32 Å². The Morgan fingerprint density at radius 2 is 1.76 bits per heavy atom. The van der Waals surface area contributed by atoms with Gasteiger partial charge in [0.25, 0.3) is 0 Å². The molecule has 0 aromatic heterocycles. The van der Waals surface area contributed by atoms with Crippen molar-refractivity contribution < 1.29 is 5.11 Å². The maximum absolute atomic E-state index is 9.88. The minimum Gasteiger partial charge on any atom is -0.392 e. The van der Waals surface area contributed by atoms with E-state index in [1.54, 1.807) is 0 Å². The lowest BCUT2D eigenvalue weighted by molar-refractivity contribution is 0.0901. The van der Waals surface area contributed by atoms with E-state index in [-0.39, 0.29) is 6.10 Å². The summed E-state index contributed by atoms with van der Waals surface area (Å²) in [6.07, 6.45) is 5.10. The molecule has 0 spiro atoms. The molecule has 0 amide bonds. The van der Waals surface area contributed by atoms with Gasteiger partial charge >= 0.3 is 0 Å².